The van der Waals surface area contributed by atoms with Crippen molar-refractivity contribution in [3.8, 4) is 0 Å². The highest BCUT2D eigenvalue weighted by atomic mass is 31.2. The van der Waals surface area contributed by atoms with Crippen LogP contribution in [0.2, 0.25) is 0 Å². The van der Waals surface area contributed by atoms with E-state index in [1.54, 1.807) is 13.0 Å². The second-order valence-electron chi connectivity index (χ2n) is 4.93. The van der Waals surface area contributed by atoms with Crippen LogP contribution < -0.4 is 5.73 Å². The second-order valence-corrected chi connectivity index (χ2v) is 6.98. The van der Waals surface area contributed by atoms with Crippen molar-refractivity contribution in [2.24, 2.45) is 5.73 Å². The van der Waals surface area contributed by atoms with Gasteiger partial charge in [0.2, 0.25) is 5.28 Å². The maximum atomic E-state index is 13.3. The van der Waals surface area contributed by atoms with Crippen LogP contribution in [0.5, 0.6) is 0 Å². The Kier molecular flexibility index (Phi) is 5.61. The Balaban J connectivity index is 3.18. The Morgan fingerprint density at radius 1 is 1.33 bits per heavy atom. The molecule has 0 saturated heterocycles. The fourth-order valence-electron chi connectivity index (χ4n) is 1.68. The summed E-state index contributed by atoms with van der Waals surface area (Å²) in [6.45, 7) is 3.05. The van der Waals surface area contributed by atoms with E-state index >= 15 is 0 Å². The maximum Gasteiger partial charge on any atom is 0.418 e. The van der Waals surface area contributed by atoms with Gasteiger partial charge in [-0.1, -0.05) is 37.3 Å². The van der Waals surface area contributed by atoms with Crippen LogP contribution in [0.25, 0.3) is 0 Å². The molecule has 3 atom stereocenters. The van der Waals surface area contributed by atoms with Crippen molar-refractivity contribution in [2.75, 3.05) is 0 Å². The van der Waals surface area contributed by atoms with Crippen LogP contribution in [-0.4, -0.2) is 22.5 Å². The quantitative estimate of drug-likeness (QED) is 0.786. The molecule has 1 aromatic carbocycles. The third kappa shape index (κ3) is 4.07. The van der Waals surface area contributed by atoms with Crippen molar-refractivity contribution in [3.05, 3.63) is 35.9 Å². The van der Waals surface area contributed by atoms with Gasteiger partial charge in [0, 0.05) is 6.42 Å². The van der Waals surface area contributed by atoms with Crippen molar-refractivity contribution >= 4 is 7.60 Å². The minimum absolute atomic E-state index is 0.208. The Hall–Kier alpha value is -0.880. The standard InChI is InChI=1S/C13H19F3NO3P/c1-3-10(2)20-21(18,19)12(17,13(14,15)16)9-11-7-5-4-6-8-11/h4-8,10H,3,9,17H2,1-2H3,(H,18,19). The van der Waals surface area contributed by atoms with E-state index in [0.717, 1.165) is 0 Å². The summed E-state index contributed by atoms with van der Waals surface area (Å²) in [6.07, 6.45) is -6.42. The van der Waals surface area contributed by atoms with E-state index in [0.29, 0.717) is 6.42 Å². The van der Waals surface area contributed by atoms with E-state index in [4.69, 9.17) is 10.3 Å². The molecule has 0 fully saturated rings. The van der Waals surface area contributed by atoms with Gasteiger partial charge >= 0.3 is 13.8 Å². The van der Waals surface area contributed by atoms with Crippen molar-refractivity contribution in [1.29, 1.82) is 0 Å². The molecule has 21 heavy (non-hydrogen) atoms. The highest BCUT2D eigenvalue weighted by Crippen LogP contribution is 2.61. The molecule has 1 aromatic rings. The van der Waals surface area contributed by atoms with E-state index in [1.165, 1.54) is 31.2 Å². The van der Waals surface area contributed by atoms with E-state index < -0.39 is 31.6 Å². The predicted octanol–water partition coefficient (Wildman–Crippen LogP) is 3.45. The number of benzene rings is 1. The van der Waals surface area contributed by atoms with Gasteiger partial charge in [0.1, 0.15) is 0 Å². The predicted molar refractivity (Wildman–Crippen MR) is 73.8 cm³/mol. The molecular weight excluding hydrogens is 306 g/mol. The molecule has 0 amide bonds. The van der Waals surface area contributed by atoms with Crippen LogP contribution >= 0.6 is 7.60 Å². The number of hydrogen-bond acceptors (Lipinski definition) is 3. The van der Waals surface area contributed by atoms with Gasteiger partial charge in [0.05, 0.1) is 6.10 Å². The molecule has 3 unspecified atom stereocenters. The molecule has 0 spiro atoms. The summed E-state index contributed by atoms with van der Waals surface area (Å²) in [5, 5.41) is -3.34. The minimum atomic E-state index is -5.12. The number of halogens is 3. The van der Waals surface area contributed by atoms with Gasteiger partial charge in [0.15, 0.2) is 0 Å². The largest absolute Gasteiger partial charge is 0.418 e. The van der Waals surface area contributed by atoms with Gasteiger partial charge in [0.25, 0.3) is 0 Å². The Labute approximate surface area is 121 Å². The molecule has 3 N–H and O–H groups in total. The molecule has 1 rings (SSSR count). The van der Waals surface area contributed by atoms with Crippen molar-refractivity contribution < 1.29 is 27.2 Å². The molecule has 0 aromatic heterocycles. The molecule has 8 heteroatoms. The van der Waals surface area contributed by atoms with E-state index in [-0.39, 0.29) is 5.56 Å². The Morgan fingerprint density at radius 2 is 1.86 bits per heavy atom. The van der Waals surface area contributed by atoms with Crippen LogP contribution in [0.4, 0.5) is 13.2 Å². The first-order chi connectivity index (χ1) is 9.53. The molecule has 120 valence electrons. The highest BCUT2D eigenvalue weighted by Gasteiger charge is 2.64. The van der Waals surface area contributed by atoms with E-state index in [2.05, 4.69) is 0 Å². The summed E-state index contributed by atoms with van der Waals surface area (Å²) < 4.78 is 56.8. The Bertz CT molecular complexity index is 509. The van der Waals surface area contributed by atoms with Crippen LogP contribution in [0.15, 0.2) is 30.3 Å². The van der Waals surface area contributed by atoms with Crippen LogP contribution in [0.3, 0.4) is 0 Å². The smallest absolute Gasteiger partial charge is 0.323 e. The zero-order valence-electron chi connectivity index (χ0n) is 11.8. The molecule has 0 radical (unpaired) electrons. The normalized spacial score (nSPS) is 19.6. The molecule has 0 aliphatic heterocycles. The number of nitrogens with two attached hydrogens (primary N) is 1. The Morgan fingerprint density at radius 3 is 2.29 bits per heavy atom. The number of alkyl halides is 3. The fourth-order valence-corrected chi connectivity index (χ4v) is 3.21. The number of rotatable bonds is 6. The molecule has 0 aliphatic rings. The lowest BCUT2D eigenvalue weighted by Crippen LogP contribution is -2.55. The first-order valence-corrected chi connectivity index (χ1v) is 8.02. The zero-order valence-corrected chi connectivity index (χ0v) is 12.7. The molecule has 0 heterocycles. The number of hydrogen-bond donors (Lipinski definition) is 2. The molecular formula is C13H19F3NO3P. The summed E-state index contributed by atoms with van der Waals surface area (Å²) in [6, 6.07) is 7.52. The van der Waals surface area contributed by atoms with Gasteiger partial charge in [-0.3, -0.25) is 4.57 Å². The van der Waals surface area contributed by atoms with Gasteiger partial charge in [-0.05, 0) is 18.9 Å². The van der Waals surface area contributed by atoms with Crippen molar-refractivity contribution in [2.45, 2.75) is 44.2 Å². The summed E-state index contributed by atoms with van der Waals surface area (Å²) in [4.78, 5) is 9.82. The van der Waals surface area contributed by atoms with Gasteiger partial charge < -0.3 is 15.2 Å². The fraction of sp³-hybridized carbons (Fsp3) is 0.538. The van der Waals surface area contributed by atoms with Gasteiger partial charge in [-0.25, -0.2) is 0 Å². The zero-order chi connectivity index (χ0) is 16.3. The summed E-state index contributed by atoms with van der Waals surface area (Å²) >= 11 is 0. The molecule has 4 nitrogen and oxygen atoms in total. The third-order valence-electron chi connectivity index (χ3n) is 3.21. The first kappa shape index (κ1) is 18.2. The van der Waals surface area contributed by atoms with Gasteiger partial charge in [-0.15, -0.1) is 0 Å². The average molecular weight is 325 g/mol. The van der Waals surface area contributed by atoms with E-state index in [9.17, 15) is 22.6 Å². The molecule has 0 aliphatic carbocycles. The third-order valence-corrected chi connectivity index (χ3v) is 5.28. The van der Waals surface area contributed by atoms with Gasteiger partial charge in [-0.2, -0.15) is 13.2 Å². The summed E-state index contributed by atoms with van der Waals surface area (Å²) in [5.41, 5.74) is 5.53. The highest BCUT2D eigenvalue weighted by molar-refractivity contribution is 7.54. The summed E-state index contributed by atoms with van der Waals surface area (Å²) in [5.74, 6) is 0. The summed E-state index contributed by atoms with van der Waals surface area (Å²) in [7, 11) is -5.12. The molecule has 0 bridgehead atoms. The topological polar surface area (TPSA) is 72.5 Å². The average Bonchev–Trinajstić information content (AvgIpc) is 2.37. The lowest BCUT2D eigenvalue weighted by Gasteiger charge is -2.35. The second kappa shape index (κ2) is 6.48. The lowest BCUT2D eigenvalue weighted by molar-refractivity contribution is -0.166. The van der Waals surface area contributed by atoms with Crippen molar-refractivity contribution in [1.82, 2.24) is 0 Å². The lowest BCUT2D eigenvalue weighted by atomic mass is 10.1. The monoisotopic (exact) mass is 325 g/mol. The minimum Gasteiger partial charge on any atom is -0.323 e. The first-order valence-electron chi connectivity index (χ1n) is 6.44. The maximum absolute atomic E-state index is 13.3. The molecule has 0 saturated carbocycles. The van der Waals surface area contributed by atoms with E-state index in [1.807, 2.05) is 0 Å². The van der Waals surface area contributed by atoms with Crippen molar-refractivity contribution in [3.63, 3.8) is 0 Å². The SMILES string of the molecule is CCC(C)OP(=O)(O)C(N)(Cc1ccccc1)C(F)(F)F. The van der Waals surface area contributed by atoms with Crippen LogP contribution in [0, 0.1) is 0 Å². The van der Waals surface area contributed by atoms with Crippen LogP contribution in [-0.2, 0) is 15.5 Å². The van der Waals surface area contributed by atoms with Crippen LogP contribution in [0.1, 0.15) is 25.8 Å².